The number of nitrogens with zero attached hydrogens (tertiary/aromatic N) is 2. The van der Waals surface area contributed by atoms with Crippen LogP contribution in [0.25, 0.3) is 10.6 Å². The maximum absolute atomic E-state index is 11.3. The second-order valence-electron chi connectivity index (χ2n) is 6.58. The molecule has 23 heavy (non-hydrogen) atoms. The number of carboxylic acid groups (broad SMARTS) is 1. The second kappa shape index (κ2) is 6.81. The van der Waals surface area contributed by atoms with Crippen LogP contribution in [0.4, 0.5) is 0 Å². The van der Waals surface area contributed by atoms with E-state index in [1.165, 1.54) is 5.56 Å². The van der Waals surface area contributed by atoms with Crippen molar-refractivity contribution in [3.8, 4) is 10.6 Å². The summed E-state index contributed by atoms with van der Waals surface area (Å²) in [5, 5.41) is 12.4. The van der Waals surface area contributed by atoms with Crippen LogP contribution in [0, 0.1) is 18.8 Å². The first kappa shape index (κ1) is 16.1. The first-order valence-electron chi connectivity index (χ1n) is 7.98. The fourth-order valence-electron chi connectivity index (χ4n) is 3.21. The van der Waals surface area contributed by atoms with Crippen LogP contribution in [0.3, 0.4) is 0 Å². The number of carboxylic acids is 1. The van der Waals surface area contributed by atoms with E-state index in [0.717, 1.165) is 35.8 Å². The molecule has 5 heteroatoms. The van der Waals surface area contributed by atoms with Crippen molar-refractivity contribution in [2.24, 2.45) is 11.8 Å². The van der Waals surface area contributed by atoms with Crippen molar-refractivity contribution in [1.29, 1.82) is 0 Å². The van der Waals surface area contributed by atoms with Crippen molar-refractivity contribution in [3.63, 3.8) is 0 Å². The number of piperidine rings is 1. The van der Waals surface area contributed by atoms with E-state index >= 15 is 0 Å². The van der Waals surface area contributed by atoms with Gasteiger partial charge in [-0.2, -0.15) is 0 Å². The number of aryl methyl sites for hydroxylation is 1. The average Bonchev–Trinajstić information content (AvgIpc) is 2.95. The first-order valence-corrected chi connectivity index (χ1v) is 8.86. The van der Waals surface area contributed by atoms with Crippen LogP contribution in [0.5, 0.6) is 0 Å². The fourth-order valence-corrected chi connectivity index (χ4v) is 4.02. The molecule has 4 nitrogen and oxygen atoms in total. The molecule has 0 spiro atoms. The molecule has 1 N–H and O–H groups in total. The Hall–Kier alpha value is -1.72. The molecule has 2 atom stereocenters. The van der Waals surface area contributed by atoms with E-state index in [2.05, 4.69) is 48.4 Å². The topological polar surface area (TPSA) is 53.4 Å². The lowest BCUT2D eigenvalue weighted by molar-refractivity contribution is -0.144. The number of carbonyl (C=O) groups is 1. The fraction of sp³-hybridized carbons (Fsp3) is 0.444. The number of benzene rings is 1. The van der Waals surface area contributed by atoms with Crippen molar-refractivity contribution < 1.29 is 9.90 Å². The third-order valence-electron chi connectivity index (χ3n) is 4.32. The normalized spacial score (nSPS) is 22.2. The molecular weight excluding hydrogens is 308 g/mol. The lowest BCUT2D eigenvalue weighted by Crippen LogP contribution is -2.42. The molecule has 0 saturated carbocycles. The predicted octanol–water partition coefficient (Wildman–Crippen LogP) is 3.66. The molecule has 1 aliphatic rings. The van der Waals surface area contributed by atoms with Crippen molar-refractivity contribution in [1.82, 2.24) is 9.88 Å². The zero-order chi connectivity index (χ0) is 16.4. The van der Waals surface area contributed by atoms with Gasteiger partial charge in [-0.1, -0.05) is 36.8 Å². The highest BCUT2D eigenvalue weighted by atomic mass is 32.1. The quantitative estimate of drug-likeness (QED) is 0.929. The summed E-state index contributed by atoms with van der Waals surface area (Å²) in [5.41, 5.74) is 3.42. The molecule has 0 aliphatic carbocycles. The minimum Gasteiger partial charge on any atom is -0.481 e. The molecule has 0 amide bonds. The Balaban J connectivity index is 1.69. The van der Waals surface area contributed by atoms with Crippen molar-refractivity contribution in [3.05, 3.63) is 40.9 Å². The van der Waals surface area contributed by atoms with Gasteiger partial charge in [-0.3, -0.25) is 9.69 Å². The highest BCUT2D eigenvalue weighted by Gasteiger charge is 2.29. The van der Waals surface area contributed by atoms with E-state index in [1.807, 2.05) is 0 Å². The van der Waals surface area contributed by atoms with Crippen LogP contribution < -0.4 is 0 Å². The van der Waals surface area contributed by atoms with Gasteiger partial charge < -0.3 is 5.11 Å². The Bertz CT molecular complexity index is 681. The van der Waals surface area contributed by atoms with Gasteiger partial charge in [0.25, 0.3) is 0 Å². The first-order chi connectivity index (χ1) is 11.0. The standard InChI is InChI=1S/C18H22N2O2S/c1-12-3-5-14(6-4-12)17-19-16(11-23-17)10-20-8-13(2)7-15(9-20)18(21)22/h3-6,11,13,15H,7-10H2,1-2H3,(H,21,22). The van der Waals surface area contributed by atoms with Gasteiger partial charge in [-0.25, -0.2) is 4.98 Å². The van der Waals surface area contributed by atoms with E-state index in [4.69, 9.17) is 4.98 Å². The van der Waals surface area contributed by atoms with Crippen LogP contribution in [0.2, 0.25) is 0 Å². The van der Waals surface area contributed by atoms with Crippen LogP contribution in [-0.2, 0) is 11.3 Å². The molecule has 2 unspecified atom stereocenters. The Labute approximate surface area is 140 Å². The molecule has 2 aromatic rings. The monoisotopic (exact) mass is 330 g/mol. The van der Waals surface area contributed by atoms with Gasteiger partial charge >= 0.3 is 5.97 Å². The second-order valence-corrected chi connectivity index (χ2v) is 7.44. The number of likely N-dealkylation sites (tertiary alicyclic amines) is 1. The van der Waals surface area contributed by atoms with Crippen molar-refractivity contribution in [2.75, 3.05) is 13.1 Å². The molecule has 1 saturated heterocycles. The summed E-state index contributed by atoms with van der Waals surface area (Å²) in [5.74, 6) is -0.519. The van der Waals surface area contributed by atoms with Gasteiger partial charge in [-0.15, -0.1) is 11.3 Å². The van der Waals surface area contributed by atoms with Crippen molar-refractivity contribution >= 4 is 17.3 Å². The molecule has 3 rings (SSSR count). The number of hydrogen-bond donors (Lipinski definition) is 1. The summed E-state index contributed by atoms with van der Waals surface area (Å²) in [6.07, 6.45) is 0.775. The summed E-state index contributed by atoms with van der Waals surface area (Å²) in [4.78, 5) is 18.2. The van der Waals surface area contributed by atoms with Gasteiger partial charge in [0.15, 0.2) is 0 Å². The molecule has 0 radical (unpaired) electrons. The van der Waals surface area contributed by atoms with Gasteiger partial charge in [0.2, 0.25) is 0 Å². The number of aliphatic carboxylic acids is 1. The maximum Gasteiger partial charge on any atom is 0.307 e. The van der Waals surface area contributed by atoms with Crippen LogP contribution in [-0.4, -0.2) is 34.0 Å². The molecule has 1 aromatic carbocycles. The molecule has 1 fully saturated rings. The van der Waals surface area contributed by atoms with Crippen LogP contribution >= 0.6 is 11.3 Å². The predicted molar refractivity (Wildman–Crippen MR) is 92.5 cm³/mol. The highest BCUT2D eigenvalue weighted by Crippen LogP contribution is 2.27. The van der Waals surface area contributed by atoms with E-state index in [9.17, 15) is 9.90 Å². The third-order valence-corrected chi connectivity index (χ3v) is 5.26. The van der Waals surface area contributed by atoms with Gasteiger partial charge in [0.1, 0.15) is 5.01 Å². The Morgan fingerprint density at radius 3 is 2.78 bits per heavy atom. The largest absolute Gasteiger partial charge is 0.481 e. The smallest absolute Gasteiger partial charge is 0.307 e. The lowest BCUT2D eigenvalue weighted by atomic mass is 9.90. The number of aromatic nitrogens is 1. The summed E-state index contributed by atoms with van der Waals surface area (Å²) < 4.78 is 0. The van der Waals surface area contributed by atoms with Gasteiger partial charge in [0, 0.05) is 30.6 Å². The summed E-state index contributed by atoms with van der Waals surface area (Å²) in [6, 6.07) is 8.39. The molecule has 0 bridgehead atoms. The van der Waals surface area contributed by atoms with Crippen molar-refractivity contribution in [2.45, 2.75) is 26.8 Å². The minimum absolute atomic E-state index is 0.256. The zero-order valence-electron chi connectivity index (χ0n) is 13.5. The molecular formula is C18H22N2O2S. The summed E-state index contributed by atoms with van der Waals surface area (Å²) >= 11 is 1.65. The van der Waals surface area contributed by atoms with Gasteiger partial charge in [-0.05, 0) is 19.3 Å². The van der Waals surface area contributed by atoms with E-state index in [0.29, 0.717) is 12.5 Å². The molecule has 1 aliphatic heterocycles. The van der Waals surface area contributed by atoms with E-state index in [1.54, 1.807) is 11.3 Å². The van der Waals surface area contributed by atoms with Crippen LogP contribution in [0.15, 0.2) is 29.6 Å². The highest BCUT2D eigenvalue weighted by molar-refractivity contribution is 7.13. The Morgan fingerprint density at radius 2 is 2.09 bits per heavy atom. The van der Waals surface area contributed by atoms with E-state index < -0.39 is 5.97 Å². The van der Waals surface area contributed by atoms with Gasteiger partial charge in [0.05, 0.1) is 11.6 Å². The van der Waals surface area contributed by atoms with Crippen LogP contribution in [0.1, 0.15) is 24.6 Å². The summed E-state index contributed by atoms with van der Waals surface area (Å²) in [6.45, 7) is 6.50. The number of thiazole rings is 1. The third kappa shape index (κ3) is 3.98. The van der Waals surface area contributed by atoms with E-state index in [-0.39, 0.29) is 5.92 Å². The lowest BCUT2D eigenvalue weighted by Gasteiger charge is -2.34. The molecule has 2 heterocycles. The molecule has 122 valence electrons. The Kier molecular flexibility index (Phi) is 4.78. The Morgan fingerprint density at radius 1 is 1.35 bits per heavy atom. The number of rotatable bonds is 4. The SMILES string of the molecule is Cc1ccc(-c2nc(CN3CC(C)CC(C(=O)O)C3)cs2)cc1. The molecule has 1 aromatic heterocycles. The average molecular weight is 330 g/mol. The maximum atomic E-state index is 11.3. The summed E-state index contributed by atoms with van der Waals surface area (Å²) in [7, 11) is 0. The zero-order valence-corrected chi connectivity index (χ0v) is 14.3. The number of hydrogen-bond acceptors (Lipinski definition) is 4. The minimum atomic E-state index is -0.680.